The molecule has 0 unspecified atom stereocenters. The van der Waals surface area contributed by atoms with Crippen LogP contribution in [-0.4, -0.2) is 181 Å². The average molecular weight is 929 g/mol. The predicted molar refractivity (Wildman–Crippen MR) is 226 cm³/mol. The second-order valence-electron chi connectivity index (χ2n) is 22.9. The Morgan fingerprint density at radius 1 is 0.677 bits per heavy atom. The van der Waals surface area contributed by atoms with E-state index in [1.807, 2.05) is 6.92 Å². The Morgan fingerprint density at radius 2 is 1.29 bits per heavy atom. The molecule has 0 aromatic rings. The van der Waals surface area contributed by atoms with Crippen LogP contribution in [0.1, 0.15) is 106 Å². The number of esters is 1. The Bertz CT molecular complexity index is 1760. The molecule has 7 fully saturated rings. The van der Waals surface area contributed by atoms with Crippen LogP contribution in [0.25, 0.3) is 0 Å². The number of carbonyl (C=O) groups is 1. The van der Waals surface area contributed by atoms with Gasteiger partial charge in [-0.2, -0.15) is 0 Å². The molecule has 5 aliphatic carbocycles. The van der Waals surface area contributed by atoms with Gasteiger partial charge < -0.3 is 84.6 Å². The molecular weight excluding hydrogens is 852 g/mol. The third-order valence-corrected chi connectivity index (χ3v) is 19.1. The van der Waals surface area contributed by atoms with Gasteiger partial charge in [-0.15, -0.1) is 0 Å². The van der Waals surface area contributed by atoms with Gasteiger partial charge in [-0.05, 0) is 104 Å². The molecule has 0 bridgehead atoms. The van der Waals surface area contributed by atoms with E-state index in [0.29, 0.717) is 25.7 Å². The Morgan fingerprint density at radius 3 is 1.92 bits per heavy atom. The van der Waals surface area contributed by atoms with E-state index >= 15 is 0 Å². The maximum Gasteiger partial charge on any atom is 0.315 e. The molecule has 0 aromatic carbocycles. The van der Waals surface area contributed by atoms with E-state index in [9.17, 15) is 61.0 Å². The van der Waals surface area contributed by atoms with Crippen molar-refractivity contribution in [1.82, 2.24) is 0 Å². The summed E-state index contributed by atoms with van der Waals surface area (Å²) < 4.78 is 35.4. The number of hydrogen-bond donors (Lipinski definition) is 11. The van der Waals surface area contributed by atoms with Crippen LogP contribution in [-0.2, 0) is 33.2 Å². The normalized spacial score (nSPS) is 54.3. The molecule has 18 nitrogen and oxygen atoms in total. The van der Waals surface area contributed by atoms with Gasteiger partial charge in [0.2, 0.25) is 6.29 Å². The zero-order valence-electron chi connectivity index (χ0n) is 38.6. The fourth-order valence-corrected chi connectivity index (χ4v) is 14.8. The number of hydrogen-bond acceptors (Lipinski definition) is 18. The van der Waals surface area contributed by atoms with Crippen molar-refractivity contribution in [2.45, 2.75) is 198 Å². The van der Waals surface area contributed by atoms with E-state index in [1.165, 1.54) is 5.57 Å². The van der Waals surface area contributed by atoms with Gasteiger partial charge in [0.25, 0.3) is 0 Å². The molecule has 3 heterocycles. The fraction of sp³-hybridized carbons (Fsp3) is 0.936. The highest BCUT2D eigenvalue weighted by molar-refractivity contribution is 5.79. The highest BCUT2D eigenvalue weighted by atomic mass is 16.7. The molecule has 11 N–H and O–H groups in total. The van der Waals surface area contributed by atoms with Crippen LogP contribution >= 0.6 is 0 Å². The van der Waals surface area contributed by atoms with Crippen molar-refractivity contribution in [2.75, 3.05) is 26.4 Å². The third kappa shape index (κ3) is 7.80. The summed E-state index contributed by atoms with van der Waals surface area (Å²) in [7, 11) is 0. The van der Waals surface area contributed by atoms with Crippen molar-refractivity contribution in [3.63, 3.8) is 0 Å². The Labute approximate surface area is 380 Å². The predicted octanol–water partition coefficient (Wildman–Crippen LogP) is -0.248. The number of rotatable bonds is 9. The topological polar surface area (TPSA) is 295 Å². The number of aliphatic hydroxyl groups is 11. The lowest BCUT2D eigenvalue weighted by atomic mass is 9.33. The molecule has 65 heavy (non-hydrogen) atoms. The largest absolute Gasteiger partial charge is 0.432 e. The minimum atomic E-state index is -1.75. The SMILES string of the molecule is CC1(C)CC[C@@]2(C(=O)O[C@@H]3O[C@H](CO)[C@@H](O)[C@H](O)[C@H]3O)CC[C@]3(C)C(=CC[C@@H]4[C@@]5(C)CC[C@@H](O[C@@H]6OC[C@H](O)[C@H](O[C@@H]7O[C@H](CO)[C@@H](O)[C@H](O)[C@H]7O)[C@H]6O)[C@@](C)(CO)[C@@H]5CC[C@]43C)[C@H]2C1. The molecule has 0 radical (unpaired) electrons. The molecular formula is C47H76O18. The van der Waals surface area contributed by atoms with Crippen LogP contribution in [0.4, 0.5) is 0 Å². The molecule has 0 spiro atoms. The average Bonchev–Trinajstić information content (AvgIpc) is 3.26. The Kier molecular flexibility index (Phi) is 13.7. The summed E-state index contributed by atoms with van der Waals surface area (Å²) in [5, 5.41) is 116. The standard InChI is InChI=1S/C47H76O18/c1-42(2)13-15-47(41(59)65-40-35(57)33(55)31(53)26(19-49)62-40)16-14-45(5)22(23(47)17-42)7-8-28-43(3)11-10-29(44(4,21-50)27(43)9-12-46(28,45)6)63-38-36(58)37(24(51)20-60-38)64-39-34(56)32(54)30(52)25(18-48)61-39/h7,23-40,48-58H,8-21H2,1-6H3/t23-,24+,25-,26-,27-,28-,29-,30-,31-,32+,33+,34-,35-,36-,37+,38+,39+,40+,43+,44+,45-,46-,47-/m1/s1. The first-order valence-corrected chi connectivity index (χ1v) is 23.9. The highest BCUT2D eigenvalue weighted by Crippen LogP contribution is 2.76. The van der Waals surface area contributed by atoms with Crippen molar-refractivity contribution in [3.8, 4) is 0 Å². The maximum absolute atomic E-state index is 14.7. The first-order chi connectivity index (χ1) is 30.5. The molecule has 4 saturated carbocycles. The lowest BCUT2D eigenvalue weighted by Crippen LogP contribution is -2.67. The zero-order chi connectivity index (χ0) is 47.4. The lowest BCUT2D eigenvalue weighted by molar-refractivity contribution is -0.358. The van der Waals surface area contributed by atoms with Gasteiger partial charge in [-0.3, -0.25) is 4.79 Å². The summed E-state index contributed by atoms with van der Waals surface area (Å²) >= 11 is 0. The minimum absolute atomic E-state index is 0.00679. The Hall–Kier alpha value is -1.43. The number of carbonyl (C=O) groups excluding carboxylic acids is 1. The van der Waals surface area contributed by atoms with E-state index in [2.05, 4.69) is 40.7 Å². The summed E-state index contributed by atoms with van der Waals surface area (Å²) in [6, 6.07) is 0. The number of ether oxygens (including phenoxy) is 6. The molecule has 0 aromatic heterocycles. The second-order valence-corrected chi connectivity index (χ2v) is 22.9. The van der Waals surface area contributed by atoms with Gasteiger partial charge in [0, 0.05) is 5.41 Å². The number of aliphatic hydroxyl groups excluding tert-OH is 11. The van der Waals surface area contributed by atoms with Crippen LogP contribution < -0.4 is 0 Å². The first kappa shape index (κ1) is 50.0. The van der Waals surface area contributed by atoms with Gasteiger partial charge in [0.1, 0.15) is 67.1 Å². The van der Waals surface area contributed by atoms with E-state index in [1.54, 1.807) is 0 Å². The van der Waals surface area contributed by atoms with Crippen LogP contribution in [0.15, 0.2) is 11.6 Å². The smallest absolute Gasteiger partial charge is 0.315 e. The minimum Gasteiger partial charge on any atom is -0.432 e. The monoisotopic (exact) mass is 929 g/mol. The summed E-state index contributed by atoms with van der Waals surface area (Å²) in [5.74, 6) is -0.472. The van der Waals surface area contributed by atoms with Crippen LogP contribution in [0.3, 0.4) is 0 Å². The zero-order valence-corrected chi connectivity index (χ0v) is 38.6. The summed E-state index contributed by atoms with van der Waals surface area (Å²) in [6.45, 7) is 11.8. The van der Waals surface area contributed by atoms with Crippen molar-refractivity contribution < 1.29 is 89.4 Å². The van der Waals surface area contributed by atoms with Gasteiger partial charge in [-0.1, -0.05) is 53.2 Å². The quantitative estimate of drug-likeness (QED) is 0.0808. The van der Waals surface area contributed by atoms with Crippen molar-refractivity contribution in [3.05, 3.63) is 11.6 Å². The van der Waals surface area contributed by atoms with Crippen molar-refractivity contribution >= 4 is 5.97 Å². The van der Waals surface area contributed by atoms with E-state index in [4.69, 9.17) is 28.4 Å². The highest BCUT2D eigenvalue weighted by Gasteiger charge is 2.70. The molecule has 8 rings (SSSR count). The van der Waals surface area contributed by atoms with Crippen molar-refractivity contribution in [1.29, 1.82) is 0 Å². The third-order valence-electron chi connectivity index (χ3n) is 19.1. The van der Waals surface area contributed by atoms with E-state index in [-0.39, 0.29) is 52.6 Å². The summed E-state index contributed by atoms with van der Waals surface area (Å²) in [5.41, 5.74) is -1.25. The number of fused-ring (bicyclic) bond motifs is 7. The van der Waals surface area contributed by atoms with Crippen molar-refractivity contribution in [2.24, 2.45) is 50.2 Å². The first-order valence-electron chi connectivity index (χ1n) is 23.9. The van der Waals surface area contributed by atoms with Crippen LogP contribution in [0.2, 0.25) is 0 Å². The van der Waals surface area contributed by atoms with Gasteiger partial charge >= 0.3 is 5.97 Å². The fourth-order valence-electron chi connectivity index (χ4n) is 14.8. The van der Waals surface area contributed by atoms with Gasteiger partial charge in [0.15, 0.2) is 12.6 Å². The lowest BCUT2D eigenvalue weighted by Gasteiger charge is -2.71. The molecule has 0 amide bonds. The molecule has 8 aliphatic rings. The summed E-state index contributed by atoms with van der Waals surface area (Å²) in [4.78, 5) is 14.7. The van der Waals surface area contributed by atoms with Gasteiger partial charge in [0.05, 0.1) is 37.9 Å². The van der Waals surface area contributed by atoms with Gasteiger partial charge in [-0.25, -0.2) is 0 Å². The van der Waals surface area contributed by atoms with Crippen LogP contribution in [0.5, 0.6) is 0 Å². The maximum atomic E-state index is 14.7. The van der Waals surface area contributed by atoms with E-state index in [0.717, 1.165) is 38.5 Å². The Balaban J connectivity index is 1.02. The molecule has 23 atom stereocenters. The molecule has 18 heteroatoms. The van der Waals surface area contributed by atoms with Crippen LogP contribution in [0, 0.1) is 50.2 Å². The molecule has 372 valence electrons. The second kappa shape index (κ2) is 17.8. The van der Waals surface area contributed by atoms with E-state index < -0.39 is 122 Å². The number of allylic oxidation sites excluding steroid dienone is 2. The molecule has 3 aliphatic heterocycles. The summed E-state index contributed by atoms with van der Waals surface area (Å²) in [6.07, 6.45) is -12.5. The molecule has 3 saturated heterocycles.